The van der Waals surface area contributed by atoms with Crippen LogP contribution in [0.15, 0.2) is 12.1 Å². The summed E-state index contributed by atoms with van der Waals surface area (Å²) in [6.45, 7) is 6.91. The topological polar surface area (TPSA) is 46.6 Å². The van der Waals surface area contributed by atoms with Crippen LogP contribution in [0.1, 0.15) is 71.4 Å². The van der Waals surface area contributed by atoms with Crippen molar-refractivity contribution < 1.29 is 14.3 Å². The van der Waals surface area contributed by atoms with E-state index in [1.165, 1.54) is 7.11 Å². The molecule has 0 N–H and O–H groups in total. The summed E-state index contributed by atoms with van der Waals surface area (Å²) in [5.41, 5.74) is 2.98. The molecule has 0 saturated carbocycles. The molecule has 0 saturated heterocycles. The van der Waals surface area contributed by atoms with Gasteiger partial charge in [-0.15, -0.1) is 0 Å². The van der Waals surface area contributed by atoms with E-state index in [2.05, 4.69) is 13.8 Å². The predicted octanol–water partition coefficient (Wildman–Crippen LogP) is 3.75. The van der Waals surface area contributed by atoms with E-state index in [0.29, 0.717) is 23.7 Å². The lowest BCUT2D eigenvalue weighted by Gasteiger charge is -2.36. The van der Waals surface area contributed by atoms with Gasteiger partial charge in [-0.3, -0.25) is 4.79 Å². The Kier molecular flexibility index (Phi) is 5.80. The van der Waals surface area contributed by atoms with Crippen LogP contribution in [0, 0.1) is 6.92 Å². The quantitative estimate of drug-likeness (QED) is 0.751. The van der Waals surface area contributed by atoms with Gasteiger partial charge < -0.3 is 9.64 Å². The molecule has 0 aliphatic carbocycles. The standard InChI is InChI=1S/C19H27NO3/c1-5-7-14(8-6-2)20-10-9-15-16(18(20)21)11-13(3)12-17(15)19(22)23-4/h11-12,14H,5-10H2,1-4H3. The van der Waals surface area contributed by atoms with Crippen LogP contribution < -0.4 is 0 Å². The molecule has 0 unspecified atom stereocenters. The van der Waals surface area contributed by atoms with Crippen LogP contribution in [0.4, 0.5) is 0 Å². The van der Waals surface area contributed by atoms with E-state index in [0.717, 1.165) is 43.2 Å². The first-order chi connectivity index (χ1) is 11.0. The summed E-state index contributed by atoms with van der Waals surface area (Å²) in [4.78, 5) is 27.0. The Hall–Kier alpha value is -1.84. The van der Waals surface area contributed by atoms with Crippen LogP contribution >= 0.6 is 0 Å². The van der Waals surface area contributed by atoms with Gasteiger partial charge >= 0.3 is 5.97 Å². The first-order valence-electron chi connectivity index (χ1n) is 8.56. The van der Waals surface area contributed by atoms with Crippen molar-refractivity contribution in [3.8, 4) is 0 Å². The number of hydrogen-bond donors (Lipinski definition) is 0. The second-order valence-corrected chi connectivity index (χ2v) is 6.31. The minimum Gasteiger partial charge on any atom is -0.465 e. The van der Waals surface area contributed by atoms with Gasteiger partial charge in [0.05, 0.1) is 12.7 Å². The van der Waals surface area contributed by atoms with Gasteiger partial charge in [0.25, 0.3) is 5.91 Å². The molecule has 1 aliphatic rings. The van der Waals surface area contributed by atoms with Crippen molar-refractivity contribution in [2.24, 2.45) is 0 Å². The highest BCUT2D eigenvalue weighted by molar-refractivity contribution is 6.01. The molecular formula is C19H27NO3. The van der Waals surface area contributed by atoms with Crippen LogP contribution in [0.5, 0.6) is 0 Å². The number of rotatable bonds is 6. The third-order valence-electron chi connectivity index (χ3n) is 4.58. The molecule has 1 aliphatic heterocycles. The molecule has 1 aromatic rings. The van der Waals surface area contributed by atoms with E-state index < -0.39 is 0 Å². The summed E-state index contributed by atoms with van der Waals surface area (Å²) in [5, 5.41) is 0. The zero-order chi connectivity index (χ0) is 17.0. The zero-order valence-electron chi connectivity index (χ0n) is 14.6. The Balaban J connectivity index is 2.39. The number of ether oxygens (including phenoxy) is 1. The molecule has 23 heavy (non-hydrogen) atoms. The molecule has 0 spiro atoms. The number of nitrogens with zero attached hydrogens (tertiary/aromatic N) is 1. The molecule has 4 heteroatoms. The van der Waals surface area contributed by atoms with E-state index in [4.69, 9.17) is 4.74 Å². The summed E-state index contributed by atoms with van der Waals surface area (Å²) in [7, 11) is 1.38. The Morgan fingerprint density at radius 2 is 1.91 bits per heavy atom. The number of amides is 1. The summed E-state index contributed by atoms with van der Waals surface area (Å²) in [5.74, 6) is -0.295. The number of fused-ring (bicyclic) bond motifs is 1. The van der Waals surface area contributed by atoms with Crippen molar-refractivity contribution in [2.75, 3.05) is 13.7 Å². The van der Waals surface area contributed by atoms with Crippen molar-refractivity contribution in [1.82, 2.24) is 4.90 Å². The molecule has 4 nitrogen and oxygen atoms in total. The fourth-order valence-electron chi connectivity index (χ4n) is 3.53. The SMILES string of the molecule is CCCC(CCC)N1CCc2c(C(=O)OC)cc(C)cc2C1=O. The van der Waals surface area contributed by atoms with Crippen molar-refractivity contribution in [3.63, 3.8) is 0 Å². The van der Waals surface area contributed by atoms with Gasteiger partial charge in [0.2, 0.25) is 0 Å². The van der Waals surface area contributed by atoms with Crippen LogP contribution in [0.2, 0.25) is 0 Å². The Bertz CT molecular complexity index is 589. The normalized spacial score (nSPS) is 14.1. The minimum absolute atomic E-state index is 0.0620. The van der Waals surface area contributed by atoms with Gasteiger partial charge in [-0.25, -0.2) is 4.79 Å². The average molecular weight is 317 g/mol. The second kappa shape index (κ2) is 7.62. The maximum absolute atomic E-state index is 13.0. The van der Waals surface area contributed by atoms with Crippen LogP contribution in [0.3, 0.4) is 0 Å². The van der Waals surface area contributed by atoms with Crippen molar-refractivity contribution in [2.45, 2.75) is 58.9 Å². The third-order valence-corrected chi connectivity index (χ3v) is 4.58. The Labute approximate surface area is 138 Å². The van der Waals surface area contributed by atoms with Crippen LogP contribution in [0.25, 0.3) is 0 Å². The van der Waals surface area contributed by atoms with E-state index in [1.54, 1.807) is 0 Å². The minimum atomic E-state index is -0.357. The number of esters is 1. The first-order valence-corrected chi connectivity index (χ1v) is 8.56. The van der Waals surface area contributed by atoms with Gasteiger partial charge in [-0.1, -0.05) is 26.7 Å². The van der Waals surface area contributed by atoms with Crippen molar-refractivity contribution >= 4 is 11.9 Å². The largest absolute Gasteiger partial charge is 0.465 e. The van der Waals surface area contributed by atoms with Gasteiger partial charge in [0, 0.05) is 18.2 Å². The number of aryl methyl sites for hydroxylation is 1. The molecule has 0 radical (unpaired) electrons. The monoisotopic (exact) mass is 317 g/mol. The molecular weight excluding hydrogens is 290 g/mol. The van der Waals surface area contributed by atoms with Gasteiger partial charge in [-0.2, -0.15) is 0 Å². The van der Waals surface area contributed by atoms with Crippen LogP contribution in [-0.2, 0) is 11.2 Å². The van der Waals surface area contributed by atoms with Gasteiger partial charge in [-0.05, 0) is 49.4 Å². The molecule has 1 amide bonds. The zero-order valence-corrected chi connectivity index (χ0v) is 14.6. The van der Waals surface area contributed by atoms with Crippen molar-refractivity contribution in [1.29, 1.82) is 0 Å². The fraction of sp³-hybridized carbons (Fsp3) is 0.579. The van der Waals surface area contributed by atoms with E-state index >= 15 is 0 Å². The predicted molar refractivity (Wildman–Crippen MR) is 90.9 cm³/mol. The number of carbonyl (C=O) groups excluding carboxylic acids is 2. The molecule has 1 heterocycles. The first kappa shape index (κ1) is 17.5. The lowest BCUT2D eigenvalue weighted by atomic mass is 9.90. The molecule has 0 bridgehead atoms. The summed E-state index contributed by atoms with van der Waals surface area (Å²) in [6.07, 6.45) is 4.93. The highest BCUT2D eigenvalue weighted by Gasteiger charge is 2.32. The van der Waals surface area contributed by atoms with Crippen molar-refractivity contribution in [3.05, 3.63) is 34.4 Å². The maximum atomic E-state index is 13.0. The molecule has 1 aromatic carbocycles. The average Bonchev–Trinajstić information content (AvgIpc) is 2.54. The Morgan fingerprint density at radius 3 is 2.48 bits per heavy atom. The summed E-state index contributed by atoms with van der Waals surface area (Å²) >= 11 is 0. The Morgan fingerprint density at radius 1 is 1.26 bits per heavy atom. The summed E-state index contributed by atoms with van der Waals surface area (Å²) in [6, 6.07) is 4.03. The number of benzene rings is 1. The third kappa shape index (κ3) is 3.57. The maximum Gasteiger partial charge on any atom is 0.338 e. The summed E-state index contributed by atoms with van der Waals surface area (Å²) < 4.78 is 4.88. The smallest absolute Gasteiger partial charge is 0.338 e. The van der Waals surface area contributed by atoms with Crippen LogP contribution in [-0.4, -0.2) is 36.5 Å². The second-order valence-electron chi connectivity index (χ2n) is 6.31. The van der Waals surface area contributed by atoms with Gasteiger partial charge in [0.1, 0.15) is 0 Å². The molecule has 0 fully saturated rings. The highest BCUT2D eigenvalue weighted by Crippen LogP contribution is 2.28. The molecule has 2 rings (SSSR count). The fourth-order valence-corrected chi connectivity index (χ4v) is 3.53. The lowest BCUT2D eigenvalue weighted by molar-refractivity contribution is 0.0595. The number of methoxy groups -OCH3 is 1. The highest BCUT2D eigenvalue weighted by atomic mass is 16.5. The molecule has 126 valence electrons. The molecule has 0 aromatic heterocycles. The van der Waals surface area contributed by atoms with E-state index in [1.807, 2.05) is 24.0 Å². The lowest BCUT2D eigenvalue weighted by Crippen LogP contribution is -2.45. The van der Waals surface area contributed by atoms with E-state index in [9.17, 15) is 9.59 Å². The molecule has 0 atom stereocenters. The van der Waals surface area contributed by atoms with Gasteiger partial charge in [0.15, 0.2) is 0 Å². The number of carbonyl (C=O) groups is 2. The van der Waals surface area contributed by atoms with E-state index in [-0.39, 0.29) is 11.9 Å². The number of hydrogen-bond acceptors (Lipinski definition) is 3.